The highest BCUT2D eigenvalue weighted by molar-refractivity contribution is 5.70. The summed E-state index contributed by atoms with van der Waals surface area (Å²) in [6.45, 7) is 9.68. The molecule has 0 fully saturated rings. The number of rotatable bonds is 5. The van der Waals surface area contributed by atoms with Gasteiger partial charge in [0.15, 0.2) is 0 Å². The van der Waals surface area contributed by atoms with Crippen LogP contribution in [0.5, 0.6) is 0 Å². The Labute approximate surface area is 184 Å². The second-order valence-corrected chi connectivity index (χ2v) is 9.07. The summed E-state index contributed by atoms with van der Waals surface area (Å²) < 4.78 is 10.5. The highest BCUT2D eigenvalue weighted by atomic mass is 16.7. The fourth-order valence-corrected chi connectivity index (χ4v) is 3.61. The van der Waals surface area contributed by atoms with E-state index in [4.69, 9.17) is 9.47 Å². The molecule has 1 aliphatic heterocycles. The molecule has 0 aromatic rings. The van der Waals surface area contributed by atoms with Gasteiger partial charge in [-0.3, -0.25) is 9.59 Å². The van der Waals surface area contributed by atoms with Gasteiger partial charge in [-0.05, 0) is 57.4 Å². The van der Waals surface area contributed by atoms with Gasteiger partial charge in [0, 0.05) is 13.3 Å². The van der Waals surface area contributed by atoms with Crippen molar-refractivity contribution in [2.75, 3.05) is 0 Å². The number of ether oxygens (including phenoxy) is 2. The Kier molecular flexibility index (Phi) is 9.57. The fraction of sp³-hybridized carbons (Fsp3) is 0.739. The molecule has 0 amide bonds. The number of cyclic esters (lactones) is 1. The first-order valence-corrected chi connectivity index (χ1v) is 10.9. The van der Waals surface area contributed by atoms with Crippen LogP contribution in [0.3, 0.4) is 0 Å². The van der Waals surface area contributed by atoms with Crippen LogP contribution in [0, 0.1) is 11.8 Å². The Morgan fingerprint density at radius 2 is 1.87 bits per heavy atom. The average Bonchev–Trinajstić information content (AvgIpc) is 2.65. The molecule has 0 saturated carbocycles. The van der Waals surface area contributed by atoms with Crippen molar-refractivity contribution >= 4 is 11.9 Å². The van der Waals surface area contributed by atoms with Crippen molar-refractivity contribution in [3.05, 3.63) is 23.2 Å². The first kappa shape index (κ1) is 27.0. The number of esters is 2. The minimum atomic E-state index is -2.86. The Bertz CT molecular complexity index is 706. The van der Waals surface area contributed by atoms with Gasteiger partial charge < -0.3 is 29.9 Å². The van der Waals surface area contributed by atoms with Crippen molar-refractivity contribution in [1.29, 1.82) is 0 Å². The van der Waals surface area contributed by atoms with Gasteiger partial charge in [-0.2, -0.15) is 0 Å². The predicted molar refractivity (Wildman–Crippen MR) is 115 cm³/mol. The molecule has 0 radical (unpaired) electrons. The third-order valence-corrected chi connectivity index (χ3v) is 5.68. The van der Waals surface area contributed by atoms with Crippen molar-refractivity contribution in [3.8, 4) is 0 Å². The van der Waals surface area contributed by atoms with Crippen LogP contribution in [0.4, 0.5) is 0 Å². The van der Waals surface area contributed by atoms with Crippen LogP contribution < -0.4 is 0 Å². The Hall–Kier alpha value is -2.06. The molecule has 0 aliphatic carbocycles. The van der Waals surface area contributed by atoms with E-state index in [9.17, 15) is 30.0 Å². The first-order valence-electron chi connectivity index (χ1n) is 10.9. The maximum absolute atomic E-state index is 12.4. The van der Waals surface area contributed by atoms with Crippen molar-refractivity contribution in [3.63, 3.8) is 0 Å². The minimum Gasteiger partial charge on any atom is -0.508 e. The summed E-state index contributed by atoms with van der Waals surface area (Å²) in [6, 6.07) is 0. The van der Waals surface area contributed by atoms with Crippen molar-refractivity contribution in [1.82, 2.24) is 0 Å². The van der Waals surface area contributed by atoms with Crippen molar-refractivity contribution in [2.45, 2.75) is 97.6 Å². The lowest BCUT2D eigenvalue weighted by Crippen LogP contribution is -2.57. The predicted octanol–water partition coefficient (Wildman–Crippen LogP) is 3.82. The summed E-state index contributed by atoms with van der Waals surface area (Å²) in [7, 11) is 0. The van der Waals surface area contributed by atoms with Gasteiger partial charge in [-0.25, -0.2) is 0 Å². The normalized spacial score (nSPS) is 31.6. The van der Waals surface area contributed by atoms with Gasteiger partial charge >= 0.3 is 17.7 Å². The number of carbonyl (C=O) groups is 2. The molecule has 1 heterocycles. The lowest BCUT2D eigenvalue weighted by molar-refractivity contribution is -0.275. The number of aliphatic hydroxyl groups is 4. The van der Waals surface area contributed by atoms with E-state index in [2.05, 4.69) is 13.8 Å². The molecule has 4 unspecified atom stereocenters. The molecule has 1 aliphatic rings. The smallest absolute Gasteiger partial charge is 0.306 e. The van der Waals surface area contributed by atoms with Gasteiger partial charge in [0.05, 0.1) is 5.92 Å². The van der Waals surface area contributed by atoms with E-state index in [0.29, 0.717) is 17.9 Å². The Balaban J connectivity index is 3.49. The molecule has 0 saturated heterocycles. The highest BCUT2D eigenvalue weighted by Crippen LogP contribution is 2.38. The number of carbonyl (C=O) groups excluding carboxylic acids is 2. The molecule has 0 spiro atoms. The quantitative estimate of drug-likeness (QED) is 0.287. The lowest BCUT2D eigenvalue weighted by Gasteiger charge is -2.40. The molecule has 0 bridgehead atoms. The van der Waals surface area contributed by atoms with Crippen LogP contribution in [-0.2, 0) is 19.1 Å². The van der Waals surface area contributed by atoms with E-state index in [0.717, 1.165) is 19.8 Å². The molecule has 1 rings (SSSR count). The molecule has 0 aromatic carbocycles. The van der Waals surface area contributed by atoms with Gasteiger partial charge in [-0.1, -0.05) is 26.8 Å². The maximum Gasteiger partial charge on any atom is 0.306 e. The second-order valence-electron chi connectivity index (χ2n) is 9.07. The SMILES string of the molecule is CC(=O)OC1(O)C(O)=C(O)C(C)C(C(C)=CCCC(C)C)OC(=O)CCCCC1(C)O. The van der Waals surface area contributed by atoms with Crippen molar-refractivity contribution < 1.29 is 39.5 Å². The molecule has 8 heteroatoms. The minimum absolute atomic E-state index is 0.0844. The zero-order chi connectivity index (χ0) is 24.0. The van der Waals surface area contributed by atoms with Gasteiger partial charge in [-0.15, -0.1) is 0 Å². The van der Waals surface area contributed by atoms with E-state index in [1.54, 1.807) is 6.92 Å². The summed E-state index contributed by atoms with van der Waals surface area (Å²) in [6.07, 6.45) is 3.30. The van der Waals surface area contributed by atoms with Crippen LogP contribution in [0.1, 0.15) is 80.1 Å². The summed E-state index contributed by atoms with van der Waals surface area (Å²) in [5, 5.41) is 43.4. The Morgan fingerprint density at radius 1 is 1.26 bits per heavy atom. The zero-order valence-corrected chi connectivity index (χ0v) is 19.5. The summed E-state index contributed by atoms with van der Waals surface area (Å²) in [5.74, 6) is -6.59. The van der Waals surface area contributed by atoms with E-state index in [1.165, 1.54) is 13.8 Å². The number of allylic oxidation sites excluding steroid dienone is 1. The molecule has 4 atom stereocenters. The molecule has 0 aromatic heterocycles. The third-order valence-electron chi connectivity index (χ3n) is 5.68. The number of hydrogen-bond acceptors (Lipinski definition) is 8. The van der Waals surface area contributed by atoms with Crippen LogP contribution in [0.2, 0.25) is 0 Å². The first-order chi connectivity index (χ1) is 14.2. The topological polar surface area (TPSA) is 134 Å². The largest absolute Gasteiger partial charge is 0.508 e. The molecular weight excluding hydrogens is 404 g/mol. The molecule has 31 heavy (non-hydrogen) atoms. The lowest BCUT2D eigenvalue weighted by atomic mass is 9.84. The highest BCUT2D eigenvalue weighted by Gasteiger charge is 2.55. The van der Waals surface area contributed by atoms with E-state index < -0.39 is 46.9 Å². The average molecular weight is 443 g/mol. The number of hydrogen-bond donors (Lipinski definition) is 4. The van der Waals surface area contributed by atoms with Crippen LogP contribution >= 0.6 is 0 Å². The van der Waals surface area contributed by atoms with E-state index in [-0.39, 0.29) is 19.3 Å². The van der Waals surface area contributed by atoms with Crippen molar-refractivity contribution in [2.24, 2.45) is 11.8 Å². The molecule has 8 nitrogen and oxygen atoms in total. The second kappa shape index (κ2) is 11.0. The van der Waals surface area contributed by atoms with Crippen LogP contribution in [0.15, 0.2) is 23.2 Å². The van der Waals surface area contributed by atoms with E-state index in [1.807, 2.05) is 6.08 Å². The van der Waals surface area contributed by atoms with Gasteiger partial charge in [0.25, 0.3) is 0 Å². The molecule has 178 valence electrons. The Morgan fingerprint density at radius 3 is 2.42 bits per heavy atom. The monoisotopic (exact) mass is 442 g/mol. The molecule has 4 N–H and O–H groups in total. The van der Waals surface area contributed by atoms with Gasteiger partial charge in [0.2, 0.25) is 5.76 Å². The fourth-order valence-electron chi connectivity index (χ4n) is 3.61. The van der Waals surface area contributed by atoms with Crippen LogP contribution in [-0.4, -0.2) is 49.9 Å². The van der Waals surface area contributed by atoms with Crippen LogP contribution in [0.25, 0.3) is 0 Å². The molecular formula is C23H38O8. The standard InChI is InChI=1S/C23H38O8/c1-14(2)10-9-11-15(3)20-16(4)19(26)21(27)23(29,31-17(5)24)22(6,28)13-8-7-12-18(25)30-20/h11,14,16,20,26-29H,7-10,12-13H2,1-6H3. The summed E-state index contributed by atoms with van der Waals surface area (Å²) in [5.41, 5.74) is -1.43. The van der Waals surface area contributed by atoms with Gasteiger partial charge in [0.1, 0.15) is 17.5 Å². The zero-order valence-electron chi connectivity index (χ0n) is 19.5. The number of aliphatic hydroxyl groups excluding tert-OH is 2. The van der Waals surface area contributed by atoms with E-state index >= 15 is 0 Å². The summed E-state index contributed by atoms with van der Waals surface area (Å²) in [4.78, 5) is 24.0. The summed E-state index contributed by atoms with van der Waals surface area (Å²) >= 11 is 0. The maximum atomic E-state index is 12.4. The third kappa shape index (κ3) is 6.97.